The number of aliphatic hydroxyl groups excluding tert-OH is 1. The van der Waals surface area contributed by atoms with Crippen LogP contribution in [0.2, 0.25) is 0 Å². The quantitative estimate of drug-likeness (QED) is 0.602. The van der Waals surface area contributed by atoms with Crippen molar-refractivity contribution in [1.29, 1.82) is 0 Å². The molecule has 0 unspecified atom stereocenters. The molecule has 0 atom stereocenters. The van der Waals surface area contributed by atoms with E-state index in [9.17, 15) is 9.90 Å². The fraction of sp³-hybridized carbons (Fsp3) is 0.667. The number of aromatic nitrogens is 3. The molecule has 0 aromatic carbocycles. The zero-order chi connectivity index (χ0) is 11.6. The topological polar surface area (TPSA) is 106 Å². The number of aliphatic hydroxyl groups is 1. The third kappa shape index (κ3) is 2.13. The molecule has 4 N–H and O–H groups in total. The number of nitrogen functional groups attached to an aromatic ring is 1. The van der Waals surface area contributed by atoms with Crippen molar-refractivity contribution in [1.82, 2.24) is 20.1 Å². The lowest BCUT2D eigenvalue weighted by Crippen LogP contribution is -2.56. The molecule has 0 aliphatic heterocycles. The Kier molecular flexibility index (Phi) is 2.78. The Hall–Kier alpha value is -1.63. The van der Waals surface area contributed by atoms with E-state index in [1.54, 1.807) is 0 Å². The summed E-state index contributed by atoms with van der Waals surface area (Å²) in [7, 11) is 0. The van der Waals surface area contributed by atoms with E-state index in [2.05, 4.69) is 15.4 Å². The summed E-state index contributed by atoms with van der Waals surface area (Å²) in [5.41, 5.74) is 4.92. The lowest BCUT2D eigenvalue weighted by Gasteiger charge is -2.40. The van der Waals surface area contributed by atoms with Gasteiger partial charge in [0.1, 0.15) is 12.9 Å². The molecule has 1 amide bonds. The molecule has 0 bridgehead atoms. The molecule has 1 saturated carbocycles. The van der Waals surface area contributed by atoms with Gasteiger partial charge in [0.2, 0.25) is 11.9 Å². The smallest absolute Gasteiger partial charge is 0.242 e. The normalized spacial score (nSPS) is 17.8. The second kappa shape index (κ2) is 4.09. The minimum absolute atomic E-state index is 0.0156. The maximum absolute atomic E-state index is 11.6. The Bertz CT molecular complexity index is 379. The molecule has 0 spiro atoms. The number of nitrogens with zero attached hydrogens (tertiary/aromatic N) is 3. The van der Waals surface area contributed by atoms with Gasteiger partial charge >= 0.3 is 0 Å². The number of hydrogen-bond donors (Lipinski definition) is 3. The summed E-state index contributed by atoms with van der Waals surface area (Å²) in [6.45, 7) is 0.0597. The molecule has 0 radical (unpaired) electrons. The summed E-state index contributed by atoms with van der Waals surface area (Å²) in [6, 6.07) is 0. The minimum atomic E-state index is -0.413. The molecular formula is C9H15N5O2. The van der Waals surface area contributed by atoms with Gasteiger partial charge in [0, 0.05) is 0 Å². The lowest BCUT2D eigenvalue weighted by atomic mass is 9.77. The van der Waals surface area contributed by atoms with Gasteiger partial charge in [-0.3, -0.25) is 4.79 Å². The van der Waals surface area contributed by atoms with Crippen molar-refractivity contribution in [2.75, 3.05) is 12.3 Å². The number of anilines is 1. The van der Waals surface area contributed by atoms with Gasteiger partial charge in [-0.1, -0.05) is 0 Å². The molecule has 1 aromatic heterocycles. The standard InChI is InChI=1S/C9H15N5O2/c10-8-11-6-14(13-8)4-7(16)12-9(5-15)2-1-3-9/h6,15H,1-5H2,(H2,10,13)(H,12,16). The lowest BCUT2D eigenvalue weighted by molar-refractivity contribution is -0.125. The first-order chi connectivity index (χ1) is 7.63. The molecule has 1 aromatic rings. The van der Waals surface area contributed by atoms with E-state index in [1.807, 2.05) is 0 Å². The van der Waals surface area contributed by atoms with Crippen LogP contribution >= 0.6 is 0 Å². The van der Waals surface area contributed by atoms with Crippen molar-refractivity contribution < 1.29 is 9.90 Å². The first kappa shape index (κ1) is 10.9. The van der Waals surface area contributed by atoms with Crippen LogP contribution in [-0.4, -0.2) is 37.9 Å². The van der Waals surface area contributed by atoms with Crippen molar-refractivity contribution in [3.63, 3.8) is 0 Å². The average Bonchev–Trinajstić information content (AvgIpc) is 2.57. The molecule has 1 fully saturated rings. The number of rotatable bonds is 4. The Morgan fingerprint density at radius 3 is 2.88 bits per heavy atom. The van der Waals surface area contributed by atoms with Gasteiger partial charge in [-0.2, -0.15) is 0 Å². The van der Waals surface area contributed by atoms with E-state index < -0.39 is 5.54 Å². The highest BCUT2D eigenvalue weighted by atomic mass is 16.3. The Labute approximate surface area is 92.7 Å². The summed E-state index contributed by atoms with van der Waals surface area (Å²) in [6.07, 6.45) is 4.10. The highest BCUT2D eigenvalue weighted by Crippen LogP contribution is 2.30. The van der Waals surface area contributed by atoms with Crippen molar-refractivity contribution in [2.24, 2.45) is 0 Å². The highest BCUT2D eigenvalue weighted by Gasteiger charge is 2.37. The summed E-state index contributed by atoms with van der Waals surface area (Å²) in [4.78, 5) is 15.4. The molecule has 7 heteroatoms. The SMILES string of the molecule is Nc1ncn(CC(=O)NC2(CO)CCC2)n1. The van der Waals surface area contributed by atoms with Crippen LogP contribution in [0.4, 0.5) is 5.95 Å². The zero-order valence-electron chi connectivity index (χ0n) is 8.89. The van der Waals surface area contributed by atoms with Crippen molar-refractivity contribution >= 4 is 11.9 Å². The van der Waals surface area contributed by atoms with Gasteiger partial charge in [0.05, 0.1) is 12.1 Å². The van der Waals surface area contributed by atoms with Gasteiger partial charge < -0.3 is 16.2 Å². The van der Waals surface area contributed by atoms with E-state index in [1.165, 1.54) is 11.0 Å². The van der Waals surface area contributed by atoms with Crippen LogP contribution in [0.5, 0.6) is 0 Å². The van der Waals surface area contributed by atoms with Crippen LogP contribution in [0.1, 0.15) is 19.3 Å². The van der Waals surface area contributed by atoms with Crippen LogP contribution in [0.15, 0.2) is 6.33 Å². The number of carbonyl (C=O) groups excluding carboxylic acids is 1. The molecule has 16 heavy (non-hydrogen) atoms. The summed E-state index contributed by atoms with van der Waals surface area (Å²) >= 11 is 0. The van der Waals surface area contributed by atoms with Crippen molar-refractivity contribution in [3.8, 4) is 0 Å². The van der Waals surface area contributed by atoms with Crippen LogP contribution in [0.25, 0.3) is 0 Å². The minimum Gasteiger partial charge on any atom is -0.394 e. The number of nitrogens with two attached hydrogens (primary N) is 1. The van der Waals surface area contributed by atoms with Crippen LogP contribution < -0.4 is 11.1 Å². The highest BCUT2D eigenvalue weighted by molar-refractivity contribution is 5.76. The fourth-order valence-corrected chi connectivity index (χ4v) is 1.79. The largest absolute Gasteiger partial charge is 0.394 e. The van der Waals surface area contributed by atoms with Crippen molar-refractivity contribution in [2.45, 2.75) is 31.3 Å². The number of hydrogen-bond acceptors (Lipinski definition) is 5. The number of nitrogens with one attached hydrogen (secondary N) is 1. The number of amides is 1. The maximum atomic E-state index is 11.6. The Morgan fingerprint density at radius 1 is 1.69 bits per heavy atom. The first-order valence-electron chi connectivity index (χ1n) is 5.20. The van der Waals surface area contributed by atoms with Gasteiger partial charge in [0.15, 0.2) is 0 Å². The molecule has 1 aliphatic rings. The molecule has 7 nitrogen and oxygen atoms in total. The van der Waals surface area contributed by atoms with Crippen LogP contribution in [0, 0.1) is 0 Å². The van der Waals surface area contributed by atoms with E-state index in [0.717, 1.165) is 19.3 Å². The zero-order valence-corrected chi connectivity index (χ0v) is 8.89. The molecular weight excluding hydrogens is 210 g/mol. The van der Waals surface area contributed by atoms with Gasteiger partial charge in [-0.05, 0) is 19.3 Å². The molecule has 0 saturated heterocycles. The molecule has 1 heterocycles. The second-order valence-electron chi connectivity index (χ2n) is 4.14. The van der Waals surface area contributed by atoms with E-state index in [0.29, 0.717) is 0 Å². The monoisotopic (exact) mass is 225 g/mol. The Balaban J connectivity index is 1.89. The maximum Gasteiger partial charge on any atom is 0.242 e. The molecule has 1 aliphatic carbocycles. The third-order valence-corrected chi connectivity index (χ3v) is 2.88. The van der Waals surface area contributed by atoms with E-state index in [4.69, 9.17) is 5.73 Å². The summed E-state index contributed by atoms with van der Waals surface area (Å²) < 4.78 is 1.37. The van der Waals surface area contributed by atoms with Gasteiger partial charge in [-0.25, -0.2) is 9.67 Å². The van der Waals surface area contributed by atoms with Crippen molar-refractivity contribution in [3.05, 3.63) is 6.33 Å². The molecule has 88 valence electrons. The van der Waals surface area contributed by atoms with E-state index in [-0.39, 0.29) is 25.0 Å². The Morgan fingerprint density at radius 2 is 2.44 bits per heavy atom. The molecule has 2 rings (SSSR count). The van der Waals surface area contributed by atoms with Gasteiger partial charge in [0.25, 0.3) is 0 Å². The van der Waals surface area contributed by atoms with Crippen LogP contribution in [-0.2, 0) is 11.3 Å². The predicted octanol–water partition coefficient (Wildman–Crippen LogP) is -1.11. The van der Waals surface area contributed by atoms with Gasteiger partial charge in [-0.15, -0.1) is 5.10 Å². The van der Waals surface area contributed by atoms with Crippen LogP contribution in [0.3, 0.4) is 0 Å². The second-order valence-corrected chi connectivity index (χ2v) is 4.14. The summed E-state index contributed by atoms with van der Waals surface area (Å²) in [5, 5.41) is 15.8. The summed E-state index contributed by atoms with van der Waals surface area (Å²) in [5.74, 6) is -0.0352. The number of carbonyl (C=O) groups is 1. The average molecular weight is 225 g/mol. The predicted molar refractivity (Wildman–Crippen MR) is 56.2 cm³/mol. The fourth-order valence-electron chi connectivity index (χ4n) is 1.79. The first-order valence-corrected chi connectivity index (χ1v) is 5.20. The van der Waals surface area contributed by atoms with E-state index >= 15 is 0 Å². The third-order valence-electron chi connectivity index (χ3n) is 2.88.